The molecular weight excluding hydrogens is 354 g/mol. The van der Waals surface area contributed by atoms with Crippen molar-refractivity contribution < 1.29 is 14.3 Å². The summed E-state index contributed by atoms with van der Waals surface area (Å²) >= 11 is 6.23. The molecule has 2 N–H and O–H groups in total. The van der Waals surface area contributed by atoms with Gasteiger partial charge in [-0.05, 0) is 17.7 Å². The molecule has 2 heterocycles. The van der Waals surface area contributed by atoms with Crippen LogP contribution in [0.3, 0.4) is 0 Å². The Morgan fingerprint density at radius 1 is 1.19 bits per heavy atom. The van der Waals surface area contributed by atoms with Crippen molar-refractivity contribution in [2.24, 2.45) is 0 Å². The predicted molar refractivity (Wildman–Crippen MR) is 97.6 cm³/mol. The highest BCUT2D eigenvalue weighted by molar-refractivity contribution is 6.32. The third-order valence-corrected chi connectivity index (χ3v) is 4.34. The Balaban J connectivity index is 1.50. The zero-order valence-electron chi connectivity index (χ0n) is 13.8. The average molecular weight is 370 g/mol. The number of rotatable bonds is 4. The molecule has 0 spiro atoms. The van der Waals surface area contributed by atoms with E-state index >= 15 is 0 Å². The van der Waals surface area contributed by atoms with Crippen LogP contribution in [0.5, 0.6) is 11.5 Å². The van der Waals surface area contributed by atoms with Gasteiger partial charge in [-0.15, -0.1) is 0 Å². The number of benzene rings is 2. The van der Waals surface area contributed by atoms with Crippen LogP contribution in [0.25, 0.3) is 11.3 Å². The van der Waals surface area contributed by atoms with E-state index in [0.717, 1.165) is 11.1 Å². The molecule has 0 radical (unpaired) electrons. The van der Waals surface area contributed by atoms with Gasteiger partial charge in [0.25, 0.3) is 5.91 Å². The standard InChI is InChI=1S/C19H16ClN3O3/c20-15-8-12(9-16-18(15)26-7-6-25-16)10-21-19(24)14-11-22-23-17(14)13-4-2-1-3-5-13/h1-5,8-9,11H,6-7,10H2,(H,21,24)(H,22,23). The topological polar surface area (TPSA) is 76.2 Å². The molecule has 0 saturated carbocycles. The van der Waals surface area contributed by atoms with E-state index in [1.54, 1.807) is 6.07 Å². The zero-order chi connectivity index (χ0) is 17.9. The SMILES string of the molecule is O=C(NCc1cc(Cl)c2c(c1)OCCO2)c1cn[nH]c1-c1ccccc1. The smallest absolute Gasteiger partial charge is 0.255 e. The van der Waals surface area contributed by atoms with Crippen molar-refractivity contribution >= 4 is 17.5 Å². The maximum absolute atomic E-state index is 12.6. The molecule has 0 fully saturated rings. The van der Waals surface area contributed by atoms with Crippen LogP contribution in [0, 0.1) is 0 Å². The number of aromatic nitrogens is 2. The van der Waals surface area contributed by atoms with E-state index in [2.05, 4.69) is 15.5 Å². The molecule has 0 saturated heterocycles. The summed E-state index contributed by atoms with van der Waals surface area (Å²) in [6, 6.07) is 13.2. The van der Waals surface area contributed by atoms with Crippen LogP contribution < -0.4 is 14.8 Å². The van der Waals surface area contributed by atoms with E-state index < -0.39 is 0 Å². The minimum absolute atomic E-state index is 0.219. The molecule has 6 nitrogen and oxygen atoms in total. The van der Waals surface area contributed by atoms with Crippen molar-refractivity contribution in [1.29, 1.82) is 0 Å². The van der Waals surface area contributed by atoms with Crippen molar-refractivity contribution in [2.45, 2.75) is 6.54 Å². The number of halogens is 1. The van der Waals surface area contributed by atoms with Crippen LogP contribution in [-0.2, 0) is 6.54 Å². The first kappa shape index (κ1) is 16.5. The summed E-state index contributed by atoms with van der Waals surface area (Å²) in [6.07, 6.45) is 1.52. The van der Waals surface area contributed by atoms with Crippen molar-refractivity contribution in [3.63, 3.8) is 0 Å². The van der Waals surface area contributed by atoms with Crippen molar-refractivity contribution in [1.82, 2.24) is 15.5 Å². The van der Waals surface area contributed by atoms with Gasteiger partial charge in [-0.2, -0.15) is 5.10 Å². The van der Waals surface area contributed by atoms with Crippen LogP contribution >= 0.6 is 11.6 Å². The van der Waals surface area contributed by atoms with Crippen LogP contribution in [0.15, 0.2) is 48.7 Å². The van der Waals surface area contributed by atoms with Crippen molar-refractivity contribution in [3.05, 3.63) is 64.8 Å². The maximum Gasteiger partial charge on any atom is 0.255 e. The van der Waals surface area contributed by atoms with E-state index in [0.29, 0.717) is 47.5 Å². The summed E-state index contributed by atoms with van der Waals surface area (Å²) in [4.78, 5) is 12.6. The van der Waals surface area contributed by atoms with Crippen molar-refractivity contribution in [3.8, 4) is 22.8 Å². The monoisotopic (exact) mass is 369 g/mol. The van der Waals surface area contributed by atoms with Gasteiger partial charge in [0, 0.05) is 12.1 Å². The quantitative estimate of drug-likeness (QED) is 0.738. The predicted octanol–water partition coefficient (Wildman–Crippen LogP) is 3.43. The molecule has 7 heteroatoms. The van der Waals surface area contributed by atoms with Gasteiger partial charge in [-0.1, -0.05) is 41.9 Å². The highest BCUT2D eigenvalue weighted by atomic mass is 35.5. The third-order valence-electron chi connectivity index (χ3n) is 4.06. The van der Waals surface area contributed by atoms with Gasteiger partial charge >= 0.3 is 0 Å². The van der Waals surface area contributed by atoms with Gasteiger partial charge < -0.3 is 14.8 Å². The van der Waals surface area contributed by atoms with Gasteiger partial charge in [-0.25, -0.2) is 0 Å². The molecule has 3 aromatic rings. The van der Waals surface area contributed by atoms with Crippen LogP contribution in [0.1, 0.15) is 15.9 Å². The van der Waals surface area contributed by atoms with E-state index in [9.17, 15) is 4.79 Å². The first-order valence-electron chi connectivity index (χ1n) is 8.17. The number of carbonyl (C=O) groups excluding carboxylic acids is 1. The first-order valence-corrected chi connectivity index (χ1v) is 8.55. The molecule has 132 valence electrons. The molecule has 4 rings (SSSR count). The lowest BCUT2D eigenvalue weighted by Gasteiger charge is -2.20. The Bertz CT molecular complexity index is 940. The number of fused-ring (bicyclic) bond motifs is 1. The molecular formula is C19H16ClN3O3. The third kappa shape index (κ3) is 3.23. The molecule has 26 heavy (non-hydrogen) atoms. The molecule has 1 aliphatic rings. The van der Waals surface area contributed by atoms with Crippen LogP contribution in [-0.4, -0.2) is 29.3 Å². The number of nitrogens with one attached hydrogen (secondary N) is 2. The summed E-state index contributed by atoms with van der Waals surface area (Å²) in [5.74, 6) is 0.930. The Hall–Kier alpha value is -2.99. The van der Waals surface area contributed by atoms with E-state index in [1.807, 2.05) is 36.4 Å². The van der Waals surface area contributed by atoms with E-state index in [4.69, 9.17) is 21.1 Å². The number of carbonyl (C=O) groups is 1. The summed E-state index contributed by atoms with van der Waals surface area (Å²) < 4.78 is 11.1. The molecule has 0 unspecified atom stereocenters. The number of amides is 1. The summed E-state index contributed by atoms with van der Waals surface area (Å²) in [5, 5.41) is 10.2. The number of ether oxygens (including phenoxy) is 2. The second kappa shape index (κ2) is 7.09. The number of nitrogens with zero attached hydrogens (tertiary/aromatic N) is 1. The fourth-order valence-corrected chi connectivity index (χ4v) is 3.11. The van der Waals surface area contributed by atoms with Gasteiger partial charge in [0.2, 0.25) is 0 Å². The van der Waals surface area contributed by atoms with Gasteiger partial charge in [0.15, 0.2) is 11.5 Å². The summed E-state index contributed by atoms with van der Waals surface area (Å²) in [5.41, 5.74) is 2.90. The number of aromatic amines is 1. The fraction of sp³-hybridized carbons (Fsp3) is 0.158. The molecule has 0 aliphatic carbocycles. The Labute approximate surface area is 155 Å². The molecule has 1 amide bonds. The lowest BCUT2D eigenvalue weighted by Crippen LogP contribution is -2.23. The Morgan fingerprint density at radius 2 is 2.00 bits per heavy atom. The molecule has 2 aromatic carbocycles. The Kier molecular flexibility index (Phi) is 4.50. The number of hydrogen-bond donors (Lipinski definition) is 2. The van der Waals surface area contributed by atoms with Gasteiger partial charge in [0.05, 0.1) is 22.5 Å². The van der Waals surface area contributed by atoms with E-state index in [-0.39, 0.29) is 5.91 Å². The summed E-state index contributed by atoms with van der Waals surface area (Å²) in [7, 11) is 0. The van der Waals surface area contributed by atoms with Crippen LogP contribution in [0.4, 0.5) is 0 Å². The van der Waals surface area contributed by atoms with E-state index in [1.165, 1.54) is 6.20 Å². The van der Waals surface area contributed by atoms with Crippen LogP contribution in [0.2, 0.25) is 5.02 Å². The minimum atomic E-state index is -0.219. The molecule has 1 aromatic heterocycles. The highest BCUT2D eigenvalue weighted by Gasteiger charge is 2.18. The second-order valence-electron chi connectivity index (χ2n) is 5.81. The normalized spacial score (nSPS) is 12.7. The number of H-pyrrole nitrogens is 1. The number of hydrogen-bond acceptors (Lipinski definition) is 4. The Morgan fingerprint density at radius 3 is 2.85 bits per heavy atom. The van der Waals surface area contributed by atoms with Crippen molar-refractivity contribution in [2.75, 3.05) is 13.2 Å². The fourth-order valence-electron chi connectivity index (χ4n) is 2.83. The lowest BCUT2D eigenvalue weighted by atomic mass is 10.1. The highest BCUT2D eigenvalue weighted by Crippen LogP contribution is 2.38. The zero-order valence-corrected chi connectivity index (χ0v) is 14.5. The lowest BCUT2D eigenvalue weighted by molar-refractivity contribution is 0.0951. The largest absolute Gasteiger partial charge is 0.486 e. The van der Waals surface area contributed by atoms with Gasteiger partial charge in [0.1, 0.15) is 13.2 Å². The first-order chi connectivity index (χ1) is 12.7. The maximum atomic E-state index is 12.6. The second-order valence-corrected chi connectivity index (χ2v) is 6.22. The van der Waals surface area contributed by atoms with Gasteiger partial charge in [-0.3, -0.25) is 9.89 Å². The summed E-state index contributed by atoms with van der Waals surface area (Å²) in [6.45, 7) is 1.27. The average Bonchev–Trinajstić information content (AvgIpc) is 3.17. The molecule has 1 aliphatic heterocycles. The molecule has 0 bridgehead atoms. The minimum Gasteiger partial charge on any atom is -0.486 e. The molecule has 0 atom stereocenters.